The number of nitrogens with zero attached hydrogens (tertiary/aromatic N) is 1. The number of unbranched alkanes of at least 4 members (excludes halogenated alkanes) is 3. The van der Waals surface area contributed by atoms with Gasteiger partial charge in [0.05, 0.1) is 6.61 Å². The van der Waals surface area contributed by atoms with Crippen LogP contribution < -0.4 is 5.73 Å². The fraction of sp³-hybridized carbons (Fsp3) is 0.435. The van der Waals surface area contributed by atoms with Crippen LogP contribution in [0.2, 0.25) is 0 Å². The number of rotatable bonds is 12. The Kier molecular flexibility index (Phi) is 9.67. The van der Waals surface area contributed by atoms with Gasteiger partial charge < -0.3 is 15.4 Å². The highest BCUT2D eigenvalue weighted by molar-refractivity contribution is 5.81. The monoisotopic (exact) mass is 422 g/mol. The van der Waals surface area contributed by atoms with Gasteiger partial charge in [0.1, 0.15) is 0 Å². The molecule has 0 aromatic heterocycles. The van der Waals surface area contributed by atoms with E-state index in [-0.39, 0.29) is 13.1 Å². The molecule has 0 aliphatic rings. The number of nitrogens with two attached hydrogens (primary N) is 1. The molecule has 0 bridgehead atoms. The van der Waals surface area contributed by atoms with E-state index >= 15 is 0 Å². The molecule has 0 atom stereocenters. The number of nitrogen functional groups attached to an aromatic ring is 1. The molecule has 0 fully saturated rings. The summed E-state index contributed by atoms with van der Waals surface area (Å²) in [4.78, 5) is 12.6. The van der Waals surface area contributed by atoms with E-state index in [1.54, 1.807) is 30.3 Å². The third-order valence-corrected chi connectivity index (χ3v) is 4.73. The van der Waals surface area contributed by atoms with Gasteiger partial charge in [0.2, 0.25) is 0 Å². The molecule has 30 heavy (non-hydrogen) atoms. The fourth-order valence-corrected chi connectivity index (χ4v) is 3.07. The van der Waals surface area contributed by atoms with Crippen molar-refractivity contribution in [2.24, 2.45) is 0 Å². The molecule has 0 aliphatic carbocycles. The number of alkyl halides is 3. The van der Waals surface area contributed by atoms with Crippen LogP contribution in [0.1, 0.15) is 36.8 Å². The second-order valence-electron chi connectivity index (χ2n) is 7.23. The molecule has 0 heterocycles. The third-order valence-electron chi connectivity index (χ3n) is 4.73. The number of amides is 1. The van der Waals surface area contributed by atoms with Gasteiger partial charge in [-0.1, -0.05) is 55.3 Å². The molecule has 2 aromatic rings. The van der Waals surface area contributed by atoms with Crippen molar-refractivity contribution < 1.29 is 22.7 Å². The Labute approximate surface area is 175 Å². The van der Waals surface area contributed by atoms with Crippen molar-refractivity contribution in [3.63, 3.8) is 0 Å². The predicted molar refractivity (Wildman–Crippen MR) is 112 cm³/mol. The Morgan fingerprint density at radius 2 is 1.53 bits per heavy atom. The predicted octanol–water partition coefficient (Wildman–Crippen LogP) is 4.98. The topological polar surface area (TPSA) is 55.6 Å². The van der Waals surface area contributed by atoms with Crippen LogP contribution in [0.3, 0.4) is 0 Å². The lowest BCUT2D eigenvalue weighted by Crippen LogP contribution is -2.41. The zero-order valence-electron chi connectivity index (χ0n) is 17.0. The van der Waals surface area contributed by atoms with Gasteiger partial charge in [0.15, 0.2) is 0 Å². The van der Waals surface area contributed by atoms with Crippen molar-refractivity contribution in [1.29, 1.82) is 0 Å². The Hall–Kier alpha value is -2.54. The summed E-state index contributed by atoms with van der Waals surface area (Å²) in [6, 6.07) is 16.4. The lowest BCUT2D eigenvalue weighted by atomic mass is 10.1. The Bertz CT molecular complexity index is 749. The SMILES string of the molecule is Nc1ccc(CCOCCCCCCN(Cc2ccccc2)C(=O)C(F)(F)F)cc1. The van der Waals surface area contributed by atoms with Crippen LogP contribution in [0.4, 0.5) is 18.9 Å². The number of halogens is 3. The number of anilines is 1. The summed E-state index contributed by atoms with van der Waals surface area (Å²) < 4.78 is 44.2. The van der Waals surface area contributed by atoms with Crippen molar-refractivity contribution in [2.45, 2.75) is 44.8 Å². The van der Waals surface area contributed by atoms with E-state index in [0.29, 0.717) is 25.2 Å². The number of carbonyl (C=O) groups is 1. The molecule has 0 saturated heterocycles. The molecule has 0 spiro atoms. The molecule has 1 amide bonds. The number of ether oxygens (including phenoxy) is 1. The summed E-state index contributed by atoms with van der Waals surface area (Å²) in [5.41, 5.74) is 8.23. The molecule has 2 N–H and O–H groups in total. The molecule has 2 rings (SSSR count). The van der Waals surface area contributed by atoms with E-state index in [1.807, 2.05) is 24.3 Å². The van der Waals surface area contributed by atoms with Crippen molar-refractivity contribution in [3.05, 3.63) is 65.7 Å². The van der Waals surface area contributed by atoms with Gasteiger partial charge in [-0.3, -0.25) is 4.79 Å². The average molecular weight is 422 g/mol. The lowest BCUT2D eigenvalue weighted by molar-refractivity contribution is -0.186. The Morgan fingerprint density at radius 3 is 2.20 bits per heavy atom. The second kappa shape index (κ2) is 12.2. The maximum Gasteiger partial charge on any atom is 0.471 e. The van der Waals surface area contributed by atoms with Gasteiger partial charge in [-0.2, -0.15) is 13.2 Å². The summed E-state index contributed by atoms with van der Waals surface area (Å²) in [7, 11) is 0. The van der Waals surface area contributed by atoms with E-state index in [0.717, 1.165) is 41.8 Å². The average Bonchev–Trinajstić information content (AvgIpc) is 2.72. The van der Waals surface area contributed by atoms with Gasteiger partial charge in [-0.15, -0.1) is 0 Å². The number of hydrogen-bond donors (Lipinski definition) is 1. The van der Waals surface area contributed by atoms with Gasteiger partial charge in [-0.25, -0.2) is 0 Å². The zero-order chi connectivity index (χ0) is 21.8. The summed E-state index contributed by atoms with van der Waals surface area (Å²) in [6.45, 7) is 1.29. The summed E-state index contributed by atoms with van der Waals surface area (Å²) >= 11 is 0. The Balaban J connectivity index is 1.62. The fourth-order valence-electron chi connectivity index (χ4n) is 3.07. The van der Waals surface area contributed by atoms with E-state index in [2.05, 4.69) is 0 Å². The van der Waals surface area contributed by atoms with Crippen molar-refractivity contribution in [3.8, 4) is 0 Å². The van der Waals surface area contributed by atoms with Crippen LogP contribution in [0, 0.1) is 0 Å². The van der Waals surface area contributed by atoms with E-state index in [1.165, 1.54) is 0 Å². The molecule has 0 saturated carbocycles. The normalized spacial score (nSPS) is 11.4. The summed E-state index contributed by atoms with van der Waals surface area (Å²) in [6.07, 6.45) is -1.08. The molecule has 0 unspecified atom stereocenters. The second-order valence-corrected chi connectivity index (χ2v) is 7.23. The van der Waals surface area contributed by atoms with E-state index in [9.17, 15) is 18.0 Å². The first-order valence-electron chi connectivity index (χ1n) is 10.2. The first-order chi connectivity index (χ1) is 14.4. The third kappa shape index (κ3) is 8.86. The molecule has 0 aliphatic heterocycles. The highest BCUT2D eigenvalue weighted by atomic mass is 19.4. The van der Waals surface area contributed by atoms with Crippen LogP contribution in [0.15, 0.2) is 54.6 Å². The smallest absolute Gasteiger partial charge is 0.399 e. The molecule has 7 heteroatoms. The van der Waals surface area contributed by atoms with Gasteiger partial charge in [0.25, 0.3) is 0 Å². The zero-order valence-corrected chi connectivity index (χ0v) is 17.0. The maximum atomic E-state index is 12.9. The minimum absolute atomic E-state index is 0.0343. The standard InChI is InChI=1S/C23H29F3N2O2/c24-23(25,26)22(29)28(18-20-8-4-3-5-9-20)15-6-1-2-7-16-30-17-14-19-10-12-21(27)13-11-19/h3-5,8-13H,1-2,6-7,14-18,27H2. The molecule has 0 radical (unpaired) electrons. The number of hydrogen-bond acceptors (Lipinski definition) is 3. The van der Waals surface area contributed by atoms with Crippen LogP contribution in [-0.4, -0.2) is 36.7 Å². The van der Waals surface area contributed by atoms with E-state index in [4.69, 9.17) is 10.5 Å². The molecule has 2 aromatic carbocycles. The molecular weight excluding hydrogens is 393 g/mol. The Morgan fingerprint density at radius 1 is 0.867 bits per heavy atom. The van der Waals surface area contributed by atoms with Crippen molar-refractivity contribution in [2.75, 3.05) is 25.5 Å². The minimum atomic E-state index is -4.85. The van der Waals surface area contributed by atoms with Gasteiger partial charge in [0, 0.05) is 25.4 Å². The van der Waals surface area contributed by atoms with E-state index < -0.39 is 12.1 Å². The molecule has 164 valence electrons. The minimum Gasteiger partial charge on any atom is -0.399 e. The summed E-state index contributed by atoms with van der Waals surface area (Å²) in [5, 5.41) is 0. The number of benzene rings is 2. The van der Waals surface area contributed by atoms with Crippen LogP contribution in [0.5, 0.6) is 0 Å². The lowest BCUT2D eigenvalue weighted by Gasteiger charge is -2.24. The molecule has 4 nitrogen and oxygen atoms in total. The van der Waals surface area contributed by atoms with Crippen LogP contribution in [0.25, 0.3) is 0 Å². The van der Waals surface area contributed by atoms with Crippen molar-refractivity contribution >= 4 is 11.6 Å². The largest absolute Gasteiger partial charge is 0.471 e. The highest BCUT2D eigenvalue weighted by Crippen LogP contribution is 2.20. The van der Waals surface area contributed by atoms with Crippen LogP contribution >= 0.6 is 0 Å². The van der Waals surface area contributed by atoms with Crippen LogP contribution in [-0.2, 0) is 22.5 Å². The summed E-state index contributed by atoms with van der Waals surface area (Å²) in [5.74, 6) is -1.78. The van der Waals surface area contributed by atoms with Gasteiger partial charge >= 0.3 is 12.1 Å². The quantitative estimate of drug-likeness (QED) is 0.388. The highest BCUT2D eigenvalue weighted by Gasteiger charge is 2.42. The first kappa shape index (κ1) is 23.7. The molecular formula is C23H29F3N2O2. The first-order valence-corrected chi connectivity index (χ1v) is 10.2. The van der Waals surface area contributed by atoms with Gasteiger partial charge in [-0.05, 0) is 42.5 Å². The van der Waals surface area contributed by atoms with Crippen molar-refractivity contribution in [1.82, 2.24) is 4.90 Å². The maximum absolute atomic E-state index is 12.9. The number of carbonyl (C=O) groups excluding carboxylic acids is 1.